The van der Waals surface area contributed by atoms with Crippen molar-refractivity contribution < 1.29 is 18.0 Å². The molecule has 9 heteroatoms. The molecule has 2 aromatic rings. The van der Waals surface area contributed by atoms with Crippen molar-refractivity contribution in [1.29, 1.82) is 0 Å². The van der Waals surface area contributed by atoms with Crippen LogP contribution in [0.3, 0.4) is 0 Å². The average molecular weight is 417 g/mol. The predicted octanol–water partition coefficient (Wildman–Crippen LogP) is 1.30. The van der Waals surface area contributed by atoms with Gasteiger partial charge in [-0.2, -0.15) is 0 Å². The number of nitrogens with zero attached hydrogens (tertiary/aromatic N) is 2. The highest BCUT2D eigenvalue weighted by molar-refractivity contribution is 7.89. The first kappa shape index (κ1) is 21.0. The van der Waals surface area contributed by atoms with E-state index in [0.29, 0.717) is 11.3 Å². The van der Waals surface area contributed by atoms with E-state index < -0.39 is 10.0 Å². The van der Waals surface area contributed by atoms with Gasteiger partial charge in [0, 0.05) is 43.1 Å². The Labute approximate surface area is 170 Å². The van der Waals surface area contributed by atoms with E-state index >= 15 is 0 Å². The standard InChI is InChI=1S/C20H24N4O4S/c1-15(25)16-2-6-18(7-3-16)24-12-10-23(11-13-24)14-20(26)22-17-4-8-19(9-5-17)29(21,27)28/h2-9H,10-14H2,1H3,(H,22,26)(H2,21,27,28). The molecule has 1 fully saturated rings. The van der Waals surface area contributed by atoms with Crippen molar-refractivity contribution in [2.24, 2.45) is 5.14 Å². The summed E-state index contributed by atoms with van der Waals surface area (Å²) >= 11 is 0. The minimum Gasteiger partial charge on any atom is -0.369 e. The third-order valence-corrected chi connectivity index (χ3v) is 5.77. The third-order valence-electron chi connectivity index (χ3n) is 4.85. The van der Waals surface area contributed by atoms with E-state index in [9.17, 15) is 18.0 Å². The van der Waals surface area contributed by atoms with E-state index in [-0.39, 0.29) is 23.1 Å². The first-order chi connectivity index (χ1) is 13.7. The molecule has 0 saturated carbocycles. The summed E-state index contributed by atoms with van der Waals surface area (Å²) in [5.41, 5.74) is 2.28. The van der Waals surface area contributed by atoms with Gasteiger partial charge in [0.1, 0.15) is 0 Å². The molecule has 0 unspecified atom stereocenters. The van der Waals surface area contributed by atoms with Gasteiger partial charge in [-0.05, 0) is 55.5 Å². The molecule has 1 heterocycles. The number of nitrogens with one attached hydrogen (secondary N) is 1. The number of sulfonamides is 1. The number of carbonyl (C=O) groups is 2. The molecule has 8 nitrogen and oxygen atoms in total. The molecule has 0 spiro atoms. The van der Waals surface area contributed by atoms with Gasteiger partial charge in [0.15, 0.2) is 5.78 Å². The van der Waals surface area contributed by atoms with E-state index in [1.165, 1.54) is 24.3 Å². The summed E-state index contributed by atoms with van der Waals surface area (Å²) in [4.78, 5) is 27.9. The van der Waals surface area contributed by atoms with Crippen LogP contribution in [0.2, 0.25) is 0 Å². The van der Waals surface area contributed by atoms with E-state index in [2.05, 4.69) is 15.1 Å². The fourth-order valence-corrected chi connectivity index (χ4v) is 3.72. The van der Waals surface area contributed by atoms with Crippen molar-refractivity contribution in [3.05, 3.63) is 54.1 Å². The first-order valence-corrected chi connectivity index (χ1v) is 10.8. The lowest BCUT2D eigenvalue weighted by atomic mass is 10.1. The van der Waals surface area contributed by atoms with Crippen LogP contribution in [0.5, 0.6) is 0 Å². The van der Waals surface area contributed by atoms with Crippen LogP contribution in [-0.2, 0) is 14.8 Å². The van der Waals surface area contributed by atoms with Crippen LogP contribution in [0.25, 0.3) is 0 Å². The molecule has 0 bridgehead atoms. The van der Waals surface area contributed by atoms with Gasteiger partial charge in [0.2, 0.25) is 15.9 Å². The highest BCUT2D eigenvalue weighted by atomic mass is 32.2. The molecule has 1 aliphatic heterocycles. The second-order valence-corrected chi connectivity index (χ2v) is 8.55. The lowest BCUT2D eigenvalue weighted by molar-refractivity contribution is -0.117. The Bertz CT molecular complexity index is 980. The van der Waals surface area contributed by atoms with Crippen molar-refractivity contribution >= 4 is 33.1 Å². The van der Waals surface area contributed by atoms with Crippen molar-refractivity contribution in [3.63, 3.8) is 0 Å². The van der Waals surface area contributed by atoms with Crippen molar-refractivity contribution in [1.82, 2.24) is 4.90 Å². The van der Waals surface area contributed by atoms with Crippen LogP contribution in [0.15, 0.2) is 53.4 Å². The third kappa shape index (κ3) is 5.63. The molecule has 0 atom stereocenters. The second-order valence-electron chi connectivity index (χ2n) is 6.98. The van der Waals surface area contributed by atoms with E-state index in [1.807, 2.05) is 24.3 Å². The zero-order valence-corrected chi connectivity index (χ0v) is 17.0. The fourth-order valence-electron chi connectivity index (χ4n) is 3.20. The maximum atomic E-state index is 12.3. The lowest BCUT2D eigenvalue weighted by Gasteiger charge is -2.35. The number of hydrogen-bond acceptors (Lipinski definition) is 6. The Balaban J connectivity index is 1.48. The maximum Gasteiger partial charge on any atom is 0.238 e. The monoisotopic (exact) mass is 416 g/mol. The summed E-state index contributed by atoms with van der Waals surface area (Å²) in [6.45, 7) is 4.87. The number of amides is 1. The van der Waals surface area contributed by atoms with Crippen molar-refractivity contribution in [2.45, 2.75) is 11.8 Å². The lowest BCUT2D eigenvalue weighted by Crippen LogP contribution is -2.48. The van der Waals surface area contributed by atoms with Gasteiger partial charge in [-0.15, -0.1) is 0 Å². The number of benzene rings is 2. The molecule has 1 amide bonds. The number of rotatable bonds is 6. The average Bonchev–Trinajstić information content (AvgIpc) is 2.68. The number of carbonyl (C=O) groups excluding carboxylic acids is 2. The molecule has 0 aliphatic carbocycles. The molecule has 0 aromatic heterocycles. The summed E-state index contributed by atoms with van der Waals surface area (Å²) in [7, 11) is -3.75. The zero-order chi connectivity index (χ0) is 21.0. The number of Topliss-reactive ketones (excluding diaryl/α,β-unsaturated/α-hetero) is 1. The van der Waals surface area contributed by atoms with E-state index in [0.717, 1.165) is 31.9 Å². The van der Waals surface area contributed by atoms with Crippen LogP contribution < -0.4 is 15.4 Å². The number of piperazine rings is 1. The molecule has 29 heavy (non-hydrogen) atoms. The zero-order valence-electron chi connectivity index (χ0n) is 16.2. The molecule has 1 saturated heterocycles. The molecule has 1 aliphatic rings. The molecular weight excluding hydrogens is 392 g/mol. The largest absolute Gasteiger partial charge is 0.369 e. The topological polar surface area (TPSA) is 113 Å². The molecule has 154 valence electrons. The van der Waals surface area contributed by atoms with Crippen molar-refractivity contribution in [2.75, 3.05) is 42.9 Å². The van der Waals surface area contributed by atoms with Crippen LogP contribution >= 0.6 is 0 Å². The number of nitrogens with two attached hydrogens (primary N) is 1. The number of hydrogen-bond donors (Lipinski definition) is 2. The molecule has 2 aromatic carbocycles. The van der Waals surface area contributed by atoms with E-state index in [1.54, 1.807) is 6.92 Å². The van der Waals surface area contributed by atoms with Gasteiger partial charge >= 0.3 is 0 Å². The Morgan fingerprint density at radius 3 is 2.07 bits per heavy atom. The molecule has 3 N–H and O–H groups in total. The first-order valence-electron chi connectivity index (χ1n) is 9.23. The minimum absolute atomic E-state index is 0.00274. The fraction of sp³-hybridized carbons (Fsp3) is 0.300. The summed E-state index contributed by atoms with van der Waals surface area (Å²) in [6.07, 6.45) is 0. The van der Waals surface area contributed by atoms with Crippen LogP contribution in [0.4, 0.5) is 11.4 Å². The smallest absolute Gasteiger partial charge is 0.238 e. The van der Waals surface area contributed by atoms with Gasteiger partial charge in [-0.1, -0.05) is 0 Å². The summed E-state index contributed by atoms with van der Waals surface area (Å²) < 4.78 is 22.5. The Morgan fingerprint density at radius 2 is 1.55 bits per heavy atom. The summed E-state index contributed by atoms with van der Waals surface area (Å²) in [5.74, 6) is -0.112. The summed E-state index contributed by atoms with van der Waals surface area (Å²) in [5, 5.41) is 7.83. The molecular formula is C20H24N4O4S. The predicted molar refractivity (Wildman–Crippen MR) is 112 cm³/mol. The normalized spacial score (nSPS) is 15.2. The SMILES string of the molecule is CC(=O)c1ccc(N2CCN(CC(=O)Nc3ccc(S(N)(=O)=O)cc3)CC2)cc1. The van der Waals surface area contributed by atoms with Gasteiger partial charge < -0.3 is 10.2 Å². The highest BCUT2D eigenvalue weighted by Gasteiger charge is 2.19. The highest BCUT2D eigenvalue weighted by Crippen LogP contribution is 2.18. The quantitative estimate of drug-likeness (QED) is 0.687. The molecule has 0 radical (unpaired) electrons. The van der Waals surface area contributed by atoms with Gasteiger partial charge in [-0.3, -0.25) is 14.5 Å². The van der Waals surface area contributed by atoms with Gasteiger partial charge in [-0.25, -0.2) is 13.6 Å². The van der Waals surface area contributed by atoms with Crippen LogP contribution in [0.1, 0.15) is 17.3 Å². The van der Waals surface area contributed by atoms with Gasteiger partial charge in [0.25, 0.3) is 0 Å². The van der Waals surface area contributed by atoms with Gasteiger partial charge in [0.05, 0.1) is 11.4 Å². The Kier molecular flexibility index (Phi) is 6.31. The number of ketones is 1. The Morgan fingerprint density at radius 1 is 0.966 bits per heavy atom. The van der Waals surface area contributed by atoms with Crippen LogP contribution in [0, 0.1) is 0 Å². The Hall–Kier alpha value is -2.75. The molecule has 3 rings (SSSR count). The number of anilines is 2. The second kappa shape index (κ2) is 8.73. The number of primary sulfonamides is 1. The van der Waals surface area contributed by atoms with E-state index in [4.69, 9.17) is 5.14 Å². The maximum absolute atomic E-state index is 12.3. The minimum atomic E-state index is -3.75. The van der Waals surface area contributed by atoms with Crippen molar-refractivity contribution in [3.8, 4) is 0 Å². The summed E-state index contributed by atoms with van der Waals surface area (Å²) in [6, 6.07) is 13.3. The van der Waals surface area contributed by atoms with Crippen LogP contribution in [-0.4, -0.2) is 57.7 Å².